The van der Waals surface area contributed by atoms with Crippen LogP contribution in [-0.4, -0.2) is 56.3 Å². The molecule has 0 spiro atoms. The van der Waals surface area contributed by atoms with E-state index in [0.29, 0.717) is 6.42 Å². The maximum Gasteiger partial charge on any atom is 0.300 e. The van der Waals surface area contributed by atoms with E-state index >= 15 is 0 Å². The van der Waals surface area contributed by atoms with Crippen molar-refractivity contribution in [3.63, 3.8) is 0 Å². The molecule has 0 heterocycles. The number of carboxylic acids is 1. The third-order valence-electron chi connectivity index (χ3n) is 1.14. The average molecular weight is 284 g/mol. The minimum Gasteiger partial charge on any atom is -0.481 e. The molecule has 1 unspecified atom stereocenters. The highest BCUT2D eigenvalue weighted by Crippen LogP contribution is 1.88. The van der Waals surface area contributed by atoms with Gasteiger partial charge in [0.05, 0.1) is 0 Å². The fourth-order valence-corrected chi connectivity index (χ4v) is 0.258. The highest BCUT2D eigenvalue weighted by atomic mass is 16.5. The molecule has 0 aromatic heterocycles. The van der Waals surface area contributed by atoms with Gasteiger partial charge in [-0.3, -0.25) is 9.59 Å². The lowest BCUT2D eigenvalue weighted by Crippen LogP contribution is -2.10. The highest BCUT2D eigenvalue weighted by molar-refractivity contribution is 5.79. The van der Waals surface area contributed by atoms with Crippen LogP contribution in [-0.2, 0) is 9.59 Å². The second kappa shape index (κ2) is 22.2. The number of hydrogen-bond acceptors (Lipinski definition) is 6. The van der Waals surface area contributed by atoms with Gasteiger partial charge in [0.1, 0.15) is 6.10 Å². The van der Waals surface area contributed by atoms with E-state index in [1.54, 1.807) is 6.92 Å². The van der Waals surface area contributed by atoms with E-state index in [1.165, 1.54) is 13.8 Å². The summed E-state index contributed by atoms with van der Waals surface area (Å²) in [6, 6.07) is 0. The van der Waals surface area contributed by atoms with Gasteiger partial charge in [0, 0.05) is 13.5 Å². The molecule has 0 radical (unpaired) electrons. The Labute approximate surface area is 114 Å². The maximum absolute atomic E-state index is 9.89. The molecule has 0 fully saturated rings. The van der Waals surface area contributed by atoms with E-state index in [-0.39, 0.29) is 12.4 Å². The van der Waals surface area contributed by atoms with E-state index in [4.69, 9.17) is 30.3 Å². The lowest BCUT2D eigenvalue weighted by atomic mass is 10.3. The van der Waals surface area contributed by atoms with Crippen LogP contribution in [0.2, 0.25) is 0 Å². The number of ketones is 1. The zero-order valence-electron chi connectivity index (χ0n) is 12.3. The molecule has 5 N–H and O–H groups in total. The van der Waals surface area contributed by atoms with Crippen molar-refractivity contribution in [1.82, 2.24) is 0 Å². The Balaban J connectivity index is -0.0000000821. The third kappa shape index (κ3) is 107. The van der Waals surface area contributed by atoms with Crippen LogP contribution in [0.4, 0.5) is 0 Å². The molecular weight excluding hydrogens is 256 g/mol. The molecule has 0 aliphatic carbocycles. The van der Waals surface area contributed by atoms with Gasteiger partial charge < -0.3 is 25.5 Å². The largest absolute Gasteiger partial charge is 0.481 e. The summed E-state index contributed by atoms with van der Waals surface area (Å²) in [7, 11) is 0. The zero-order valence-corrected chi connectivity index (χ0v) is 12.3. The van der Waals surface area contributed by atoms with Gasteiger partial charge in [-0.1, -0.05) is 13.3 Å². The van der Waals surface area contributed by atoms with Gasteiger partial charge in [0.25, 0.3) is 5.97 Å². The smallest absolute Gasteiger partial charge is 0.300 e. The van der Waals surface area contributed by atoms with Gasteiger partial charge in [-0.2, -0.15) is 0 Å². The van der Waals surface area contributed by atoms with Crippen LogP contribution in [0.3, 0.4) is 0 Å². The summed E-state index contributed by atoms with van der Waals surface area (Å²) in [6.07, 6.45) is -0.572. The van der Waals surface area contributed by atoms with Crippen LogP contribution >= 0.6 is 0 Å². The molecule has 0 aromatic carbocycles. The summed E-state index contributed by atoms with van der Waals surface area (Å²) >= 11 is 0. The topological polar surface area (TPSA) is 135 Å². The Bertz CT molecular complexity index is 187. The summed E-state index contributed by atoms with van der Waals surface area (Å²) in [5, 5.41) is 39.5. The molecule has 7 heteroatoms. The van der Waals surface area contributed by atoms with Crippen molar-refractivity contribution in [3.05, 3.63) is 0 Å². The van der Waals surface area contributed by atoms with Gasteiger partial charge in [-0.05, 0) is 27.2 Å². The zero-order chi connectivity index (χ0) is 16.4. The number of aliphatic hydroxyl groups is 4. The van der Waals surface area contributed by atoms with E-state index in [2.05, 4.69) is 0 Å². The Morgan fingerprint density at radius 1 is 1.05 bits per heavy atom. The summed E-state index contributed by atoms with van der Waals surface area (Å²) < 4.78 is 0. The number of rotatable bonds is 3. The van der Waals surface area contributed by atoms with Crippen molar-refractivity contribution in [1.29, 1.82) is 0 Å². The first-order chi connectivity index (χ1) is 8.56. The minimum absolute atomic E-state index is 0.185. The van der Waals surface area contributed by atoms with Gasteiger partial charge in [0.15, 0.2) is 12.1 Å². The Morgan fingerprint density at radius 3 is 1.26 bits per heavy atom. The van der Waals surface area contributed by atoms with Crippen LogP contribution < -0.4 is 0 Å². The molecule has 0 amide bonds. The summed E-state index contributed by atoms with van der Waals surface area (Å²) in [5.74, 6) is -1.02. The molecule has 19 heavy (non-hydrogen) atoms. The van der Waals surface area contributed by atoms with Gasteiger partial charge in [0.2, 0.25) is 0 Å². The molecule has 0 rings (SSSR count). The number of aliphatic hydroxyl groups excluding tert-OH is 3. The van der Waals surface area contributed by atoms with Crippen LogP contribution in [0.15, 0.2) is 0 Å². The lowest BCUT2D eigenvalue weighted by Gasteiger charge is -1.94. The van der Waals surface area contributed by atoms with Gasteiger partial charge in [-0.25, -0.2) is 0 Å². The van der Waals surface area contributed by atoms with Crippen molar-refractivity contribution in [2.75, 3.05) is 6.61 Å². The first kappa shape index (κ1) is 26.5. The van der Waals surface area contributed by atoms with Crippen molar-refractivity contribution in [3.8, 4) is 0 Å². The second-order valence-electron chi connectivity index (χ2n) is 3.39. The summed E-state index contributed by atoms with van der Waals surface area (Å²) in [5.41, 5.74) is 0. The summed E-state index contributed by atoms with van der Waals surface area (Å²) in [6.45, 7) is 7.71. The fraction of sp³-hybridized carbons (Fsp3) is 0.833. The Hall–Kier alpha value is -1.02. The molecule has 0 saturated carbocycles. The van der Waals surface area contributed by atoms with E-state index < -0.39 is 18.4 Å². The number of aliphatic carboxylic acids is 1. The predicted molar refractivity (Wildman–Crippen MR) is 71.6 cm³/mol. The molecule has 0 aromatic rings. The number of hydrogen-bond donors (Lipinski definition) is 5. The SMILES string of the molecule is CC(=O)C(C)O.CC(=O)O.CCCC(O)O.CCO. The number of carbonyl (C=O) groups excluding carboxylic acids is 1. The molecule has 118 valence electrons. The maximum atomic E-state index is 9.89. The standard InChI is InChI=1S/C4H8O2.C4H10O2.C2H4O2.C2H6O/c1-3(5)4(2)6;1-2-3-4(5)6;1-2(3)4;1-2-3/h3,5H,1-2H3;4-6H,2-3H2,1H3;1H3,(H,3,4);3H,2H2,1H3. The highest BCUT2D eigenvalue weighted by Gasteiger charge is 1.97. The van der Waals surface area contributed by atoms with Gasteiger partial charge in [-0.15, -0.1) is 0 Å². The van der Waals surface area contributed by atoms with E-state index in [0.717, 1.165) is 13.3 Å². The summed E-state index contributed by atoms with van der Waals surface area (Å²) in [4.78, 5) is 18.9. The lowest BCUT2D eigenvalue weighted by molar-refractivity contribution is -0.134. The van der Waals surface area contributed by atoms with E-state index in [1.807, 2.05) is 6.92 Å². The molecule has 0 aliphatic rings. The van der Waals surface area contributed by atoms with E-state index in [9.17, 15) is 4.79 Å². The molecular formula is C12H28O7. The van der Waals surface area contributed by atoms with Crippen LogP contribution in [0.1, 0.15) is 47.5 Å². The monoisotopic (exact) mass is 284 g/mol. The Kier molecular flexibility index (Phi) is 31.0. The Morgan fingerprint density at radius 2 is 1.26 bits per heavy atom. The quantitative estimate of drug-likeness (QED) is 0.465. The van der Waals surface area contributed by atoms with Crippen molar-refractivity contribution >= 4 is 11.8 Å². The number of Topliss-reactive ketones (excluding diaryl/α,β-unsaturated/α-hetero) is 1. The van der Waals surface area contributed by atoms with Gasteiger partial charge >= 0.3 is 0 Å². The molecule has 0 aliphatic heterocycles. The van der Waals surface area contributed by atoms with Crippen LogP contribution in [0.25, 0.3) is 0 Å². The third-order valence-corrected chi connectivity index (χ3v) is 1.14. The molecule has 1 atom stereocenters. The molecule has 0 saturated heterocycles. The van der Waals surface area contributed by atoms with Crippen LogP contribution in [0.5, 0.6) is 0 Å². The normalized spacial score (nSPS) is 9.79. The van der Waals surface area contributed by atoms with Crippen LogP contribution in [0, 0.1) is 0 Å². The van der Waals surface area contributed by atoms with Crippen molar-refractivity contribution in [2.45, 2.75) is 59.9 Å². The number of carbonyl (C=O) groups is 2. The van der Waals surface area contributed by atoms with Crippen molar-refractivity contribution in [2.24, 2.45) is 0 Å². The minimum atomic E-state index is -1.10. The fourth-order valence-electron chi connectivity index (χ4n) is 0.258. The average Bonchev–Trinajstić information content (AvgIpc) is 2.17. The van der Waals surface area contributed by atoms with Crippen molar-refractivity contribution < 1.29 is 35.1 Å². The molecule has 7 nitrogen and oxygen atoms in total. The number of carboxylic acid groups (broad SMARTS) is 1. The molecule has 0 bridgehead atoms. The predicted octanol–water partition coefficient (Wildman–Crippen LogP) is 0.143. The second-order valence-corrected chi connectivity index (χ2v) is 3.39. The first-order valence-corrected chi connectivity index (χ1v) is 5.91. The first-order valence-electron chi connectivity index (χ1n) is 5.91.